The van der Waals surface area contributed by atoms with E-state index in [1.54, 1.807) is 0 Å². The smallest absolute Gasteiger partial charge is 0.348 e. The van der Waals surface area contributed by atoms with Crippen LogP contribution in [0.4, 0.5) is 0 Å². The van der Waals surface area contributed by atoms with Crippen LogP contribution in [0.1, 0.15) is 11.1 Å². The highest BCUT2D eigenvalue weighted by molar-refractivity contribution is 6.25. The Balaban J connectivity index is 2.22. The maximum Gasteiger partial charge on any atom is 0.348 e. The van der Waals surface area contributed by atoms with E-state index in [4.69, 9.17) is 9.47 Å². The summed E-state index contributed by atoms with van der Waals surface area (Å²) >= 11 is 0. The lowest BCUT2D eigenvalue weighted by molar-refractivity contribution is -0.131. The number of esters is 1. The fourth-order valence-corrected chi connectivity index (χ4v) is 2.69. The van der Waals surface area contributed by atoms with Crippen molar-refractivity contribution in [3.8, 4) is 23.0 Å². The SMILES string of the molecule is COc1cc(C2=C(O)C(=C(C(=O)O)c3ccc(O)c(O)c3)OC2=O)ccc1O. The number of methoxy groups -OCH3 is 1. The molecule has 1 aliphatic rings. The first kappa shape index (κ1) is 18.6. The zero-order valence-corrected chi connectivity index (χ0v) is 14.3. The number of carbonyl (C=O) groups is 2. The Morgan fingerprint density at radius 2 is 1.64 bits per heavy atom. The lowest BCUT2D eigenvalue weighted by Gasteiger charge is -2.08. The van der Waals surface area contributed by atoms with E-state index in [0.29, 0.717) is 0 Å². The number of carbonyl (C=O) groups excluding carboxylic acids is 1. The Morgan fingerprint density at radius 1 is 0.964 bits per heavy atom. The molecule has 0 spiro atoms. The average molecular weight is 386 g/mol. The fourth-order valence-electron chi connectivity index (χ4n) is 2.69. The fraction of sp³-hybridized carbons (Fsp3) is 0.0526. The molecule has 1 aliphatic heterocycles. The van der Waals surface area contributed by atoms with Gasteiger partial charge in [-0.25, -0.2) is 9.59 Å². The Kier molecular flexibility index (Phi) is 4.58. The molecule has 2 aromatic carbocycles. The third-order valence-corrected chi connectivity index (χ3v) is 4.02. The van der Waals surface area contributed by atoms with Crippen molar-refractivity contribution in [1.29, 1.82) is 0 Å². The third-order valence-electron chi connectivity index (χ3n) is 4.02. The molecule has 1 heterocycles. The van der Waals surface area contributed by atoms with Crippen LogP contribution in [0.3, 0.4) is 0 Å². The van der Waals surface area contributed by atoms with Gasteiger partial charge in [0.2, 0.25) is 0 Å². The maximum absolute atomic E-state index is 12.3. The molecule has 3 rings (SSSR count). The number of carboxylic acid groups (broad SMARTS) is 1. The van der Waals surface area contributed by atoms with E-state index in [9.17, 15) is 35.1 Å². The van der Waals surface area contributed by atoms with E-state index < -0.39 is 40.5 Å². The molecule has 0 aliphatic carbocycles. The number of benzene rings is 2. The van der Waals surface area contributed by atoms with E-state index in [1.165, 1.54) is 31.4 Å². The molecular weight excluding hydrogens is 372 g/mol. The van der Waals surface area contributed by atoms with Gasteiger partial charge in [-0.15, -0.1) is 0 Å². The largest absolute Gasteiger partial charge is 0.504 e. The number of cyclic esters (lactones) is 1. The predicted molar refractivity (Wildman–Crippen MR) is 94.6 cm³/mol. The number of ether oxygens (including phenoxy) is 2. The lowest BCUT2D eigenvalue weighted by Crippen LogP contribution is -2.06. The quantitative estimate of drug-likeness (QED) is 0.302. The highest BCUT2D eigenvalue weighted by Gasteiger charge is 2.36. The minimum atomic E-state index is -1.54. The number of phenolic OH excluding ortho intramolecular Hbond substituents is 3. The van der Waals surface area contributed by atoms with Crippen LogP contribution in [0.5, 0.6) is 23.0 Å². The lowest BCUT2D eigenvalue weighted by atomic mass is 10.0. The maximum atomic E-state index is 12.3. The summed E-state index contributed by atoms with van der Waals surface area (Å²) in [4.78, 5) is 24.0. The van der Waals surface area contributed by atoms with Gasteiger partial charge in [0, 0.05) is 0 Å². The first-order chi connectivity index (χ1) is 13.2. The Labute approximate surface area is 157 Å². The van der Waals surface area contributed by atoms with Crippen LogP contribution in [0.2, 0.25) is 0 Å². The zero-order valence-electron chi connectivity index (χ0n) is 14.3. The number of carboxylic acids is 1. The zero-order chi connectivity index (χ0) is 20.6. The molecule has 0 fully saturated rings. The summed E-state index contributed by atoms with van der Waals surface area (Å²) in [5.74, 6) is -5.13. The van der Waals surface area contributed by atoms with Gasteiger partial charge >= 0.3 is 11.9 Å². The van der Waals surface area contributed by atoms with E-state index in [1.807, 2.05) is 0 Å². The number of aromatic hydroxyl groups is 3. The van der Waals surface area contributed by atoms with E-state index in [0.717, 1.165) is 12.1 Å². The molecule has 5 N–H and O–H groups in total. The molecule has 0 bridgehead atoms. The number of hydrogen-bond donors (Lipinski definition) is 5. The highest BCUT2D eigenvalue weighted by Crippen LogP contribution is 2.39. The molecule has 0 atom stereocenters. The second-order valence-electron chi connectivity index (χ2n) is 5.71. The van der Waals surface area contributed by atoms with Crippen LogP contribution >= 0.6 is 0 Å². The van der Waals surface area contributed by atoms with E-state index in [-0.39, 0.29) is 28.2 Å². The summed E-state index contributed by atoms with van der Waals surface area (Å²) in [7, 11) is 1.30. The molecule has 0 radical (unpaired) electrons. The third kappa shape index (κ3) is 3.05. The normalized spacial score (nSPS) is 15.4. The van der Waals surface area contributed by atoms with Crippen LogP contribution in [-0.4, -0.2) is 44.6 Å². The molecule has 2 aromatic rings. The van der Waals surface area contributed by atoms with Crippen molar-refractivity contribution in [1.82, 2.24) is 0 Å². The Hall–Kier alpha value is -4.14. The number of phenols is 3. The molecule has 0 saturated carbocycles. The molecule has 9 heteroatoms. The van der Waals surface area contributed by atoms with Crippen molar-refractivity contribution in [3.63, 3.8) is 0 Å². The van der Waals surface area contributed by atoms with Crippen molar-refractivity contribution < 1.29 is 44.6 Å². The Bertz CT molecular complexity index is 1060. The van der Waals surface area contributed by atoms with Crippen molar-refractivity contribution in [2.45, 2.75) is 0 Å². The van der Waals surface area contributed by atoms with Crippen molar-refractivity contribution >= 4 is 23.1 Å². The van der Waals surface area contributed by atoms with Gasteiger partial charge in [0.15, 0.2) is 34.5 Å². The van der Waals surface area contributed by atoms with Crippen LogP contribution in [-0.2, 0) is 14.3 Å². The molecule has 0 unspecified atom stereocenters. The molecule has 9 nitrogen and oxygen atoms in total. The number of aliphatic carboxylic acids is 1. The van der Waals surface area contributed by atoms with Crippen molar-refractivity contribution in [2.24, 2.45) is 0 Å². The number of hydrogen-bond acceptors (Lipinski definition) is 8. The standard InChI is InChI=1S/C19H14O9/c1-27-13-7-9(3-5-11(13)21)14-16(23)17(28-19(14)26)15(18(24)25)8-2-4-10(20)12(22)6-8/h2-7,20-23H,1H3,(H,24,25). The van der Waals surface area contributed by atoms with Gasteiger partial charge in [0.25, 0.3) is 0 Å². The molecule has 0 aromatic heterocycles. The number of aliphatic hydroxyl groups is 1. The molecular formula is C19H14O9. The number of aliphatic hydroxyl groups excluding tert-OH is 1. The second kappa shape index (κ2) is 6.88. The summed E-state index contributed by atoms with van der Waals surface area (Å²) in [5, 5.41) is 48.7. The van der Waals surface area contributed by atoms with E-state index >= 15 is 0 Å². The first-order valence-corrected chi connectivity index (χ1v) is 7.77. The molecule has 0 amide bonds. The Morgan fingerprint density at radius 3 is 2.25 bits per heavy atom. The van der Waals surface area contributed by atoms with Crippen LogP contribution < -0.4 is 4.74 Å². The topological polar surface area (TPSA) is 154 Å². The van der Waals surface area contributed by atoms with Crippen LogP contribution in [0, 0.1) is 0 Å². The van der Waals surface area contributed by atoms with Gasteiger partial charge in [-0.3, -0.25) is 0 Å². The summed E-state index contributed by atoms with van der Waals surface area (Å²) in [6, 6.07) is 7.01. The highest BCUT2D eigenvalue weighted by atomic mass is 16.6. The summed E-state index contributed by atoms with van der Waals surface area (Å²) in [6.07, 6.45) is 0. The molecule has 28 heavy (non-hydrogen) atoms. The van der Waals surface area contributed by atoms with Crippen LogP contribution in [0.25, 0.3) is 11.1 Å². The summed E-state index contributed by atoms with van der Waals surface area (Å²) in [6.45, 7) is 0. The molecule has 0 saturated heterocycles. The second-order valence-corrected chi connectivity index (χ2v) is 5.71. The van der Waals surface area contributed by atoms with Gasteiger partial charge in [-0.2, -0.15) is 0 Å². The van der Waals surface area contributed by atoms with Gasteiger partial charge in [0.05, 0.1) is 7.11 Å². The monoisotopic (exact) mass is 386 g/mol. The van der Waals surface area contributed by atoms with E-state index in [2.05, 4.69) is 0 Å². The van der Waals surface area contributed by atoms with Gasteiger partial charge in [0.1, 0.15) is 11.1 Å². The molecule has 144 valence electrons. The van der Waals surface area contributed by atoms with Gasteiger partial charge in [-0.1, -0.05) is 12.1 Å². The predicted octanol–water partition coefficient (Wildman–Crippen LogP) is 2.13. The van der Waals surface area contributed by atoms with Gasteiger partial charge in [-0.05, 0) is 35.4 Å². The number of rotatable bonds is 4. The van der Waals surface area contributed by atoms with Crippen molar-refractivity contribution in [3.05, 3.63) is 59.0 Å². The van der Waals surface area contributed by atoms with Crippen molar-refractivity contribution in [2.75, 3.05) is 7.11 Å². The minimum Gasteiger partial charge on any atom is -0.504 e. The summed E-state index contributed by atoms with van der Waals surface area (Å²) in [5.41, 5.74) is -0.899. The summed E-state index contributed by atoms with van der Waals surface area (Å²) < 4.78 is 9.94. The van der Waals surface area contributed by atoms with Gasteiger partial charge < -0.3 is 35.0 Å². The minimum absolute atomic E-state index is 0.0324. The average Bonchev–Trinajstić information content (AvgIpc) is 2.93. The first-order valence-electron chi connectivity index (χ1n) is 7.77. The van der Waals surface area contributed by atoms with Crippen LogP contribution in [0.15, 0.2) is 47.9 Å².